The summed E-state index contributed by atoms with van der Waals surface area (Å²) in [6.45, 7) is 2.20. The van der Waals surface area contributed by atoms with E-state index in [1.54, 1.807) is 4.90 Å². The lowest BCUT2D eigenvalue weighted by atomic mass is 10.1. The van der Waals surface area contributed by atoms with Gasteiger partial charge in [-0.3, -0.25) is 14.6 Å². The molecule has 8 heteroatoms. The Morgan fingerprint density at radius 3 is 2.77 bits per heavy atom. The highest BCUT2D eigenvalue weighted by Crippen LogP contribution is 2.04. The van der Waals surface area contributed by atoms with E-state index in [9.17, 15) is 14.4 Å². The van der Waals surface area contributed by atoms with Crippen LogP contribution in [-0.4, -0.2) is 65.3 Å². The molecule has 1 fully saturated rings. The summed E-state index contributed by atoms with van der Waals surface area (Å²) >= 11 is 0. The highest BCUT2D eigenvalue weighted by molar-refractivity contribution is 5.93. The first kappa shape index (κ1) is 16.0. The zero-order valence-electron chi connectivity index (χ0n) is 12.1. The maximum Gasteiger partial charge on any atom is 0.272 e. The lowest BCUT2D eigenvalue weighted by molar-refractivity contribution is -0.135. The summed E-state index contributed by atoms with van der Waals surface area (Å²) in [5.41, 5.74) is 0.133. The first-order valence-electron chi connectivity index (χ1n) is 7.08. The van der Waals surface area contributed by atoms with E-state index in [0.717, 1.165) is 0 Å². The number of aldehydes is 1. The minimum absolute atomic E-state index is 0.0381. The van der Waals surface area contributed by atoms with Gasteiger partial charge < -0.3 is 19.7 Å². The normalized spacial score (nSPS) is 15.9. The van der Waals surface area contributed by atoms with Crippen LogP contribution in [0.5, 0.6) is 0 Å². The maximum atomic E-state index is 12.0. The number of nitrogens with zero attached hydrogens (tertiary/aromatic N) is 3. The molecule has 0 aliphatic carbocycles. The lowest BCUT2D eigenvalue weighted by Gasteiger charge is -2.27. The third kappa shape index (κ3) is 4.59. The molecule has 1 aliphatic rings. The fourth-order valence-electron chi connectivity index (χ4n) is 2.08. The van der Waals surface area contributed by atoms with E-state index in [0.29, 0.717) is 32.6 Å². The number of morpholine rings is 1. The van der Waals surface area contributed by atoms with Crippen LogP contribution in [0.2, 0.25) is 0 Å². The first-order valence-corrected chi connectivity index (χ1v) is 7.08. The van der Waals surface area contributed by atoms with Crippen LogP contribution in [0.4, 0.5) is 0 Å². The molecule has 1 aromatic heterocycles. The smallest absolute Gasteiger partial charge is 0.272 e. The molecule has 2 rings (SSSR count). The van der Waals surface area contributed by atoms with Gasteiger partial charge in [0.15, 0.2) is 0 Å². The van der Waals surface area contributed by atoms with Gasteiger partial charge >= 0.3 is 0 Å². The molecule has 1 N–H and O–H groups in total. The van der Waals surface area contributed by atoms with E-state index in [4.69, 9.17) is 4.74 Å². The van der Waals surface area contributed by atoms with Gasteiger partial charge in [-0.1, -0.05) is 0 Å². The number of carbonyl (C=O) groups is 3. The Morgan fingerprint density at radius 2 is 2.14 bits per heavy atom. The van der Waals surface area contributed by atoms with Gasteiger partial charge in [-0.15, -0.1) is 0 Å². The highest BCUT2D eigenvalue weighted by Gasteiger charge is 2.20. The van der Waals surface area contributed by atoms with Crippen molar-refractivity contribution in [2.75, 3.05) is 26.3 Å². The minimum Gasteiger partial charge on any atom is -0.378 e. The van der Waals surface area contributed by atoms with Gasteiger partial charge in [0.05, 0.1) is 25.5 Å². The van der Waals surface area contributed by atoms with Crippen LogP contribution < -0.4 is 5.32 Å². The molecule has 0 bridgehead atoms. The van der Waals surface area contributed by atoms with Crippen LogP contribution in [0, 0.1) is 0 Å². The fraction of sp³-hybridized carbons (Fsp3) is 0.500. The number of nitrogens with one attached hydrogen (secondary N) is 1. The molecule has 8 nitrogen and oxygen atoms in total. The van der Waals surface area contributed by atoms with E-state index in [1.807, 2.05) is 0 Å². The van der Waals surface area contributed by atoms with Crippen LogP contribution in [0.3, 0.4) is 0 Å². The van der Waals surface area contributed by atoms with Crippen LogP contribution >= 0.6 is 0 Å². The van der Waals surface area contributed by atoms with Crippen molar-refractivity contribution in [2.24, 2.45) is 0 Å². The zero-order chi connectivity index (χ0) is 15.8. The van der Waals surface area contributed by atoms with Crippen LogP contribution in [0.15, 0.2) is 18.6 Å². The van der Waals surface area contributed by atoms with Crippen LogP contribution in [0.1, 0.15) is 23.3 Å². The Labute approximate surface area is 127 Å². The minimum atomic E-state index is -0.723. The highest BCUT2D eigenvalue weighted by atomic mass is 16.5. The van der Waals surface area contributed by atoms with Crippen molar-refractivity contribution in [3.05, 3.63) is 24.3 Å². The van der Waals surface area contributed by atoms with E-state index < -0.39 is 11.9 Å². The van der Waals surface area contributed by atoms with Gasteiger partial charge in [0.25, 0.3) is 5.91 Å². The Bertz CT molecular complexity index is 517. The molecular weight excluding hydrogens is 288 g/mol. The Hall–Kier alpha value is -2.35. The average molecular weight is 306 g/mol. The molecule has 2 amide bonds. The zero-order valence-corrected chi connectivity index (χ0v) is 12.1. The number of hydrogen-bond donors (Lipinski definition) is 1. The van der Waals surface area contributed by atoms with Gasteiger partial charge in [-0.25, -0.2) is 4.98 Å². The van der Waals surface area contributed by atoms with Gasteiger partial charge in [0, 0.05) is 31.9 Å². The lowest BCUT2D eigenvalue weighted by Crippen LogP contribution is -2.42. The van der Waals surface area contributed by atoms with Gasteiger partial charge in [-0.2, -0.15) is 0 Å². The molecule has 0 aromatic carbocycles. The Morgan fingerprint density at radius 1 is 1.36 bits per heavy atom. The van der Waals surface area contributed by atoms with Crippen molar-refractivity contribution in [3.63, 3.8) is 0 Å². The molecule has 0 radical (unpaired) electrons. The van der Waals surface area contributed by atoms with E-state index in [2.05, 4.69) is 15.3 Å². The first-order chi connectivity index (χ1) is 10.7. The summed E-state index contributed by atoms with van der Waals surface area (Å²) in [6, 6.07) is -0.723. The van der Waals surface area contributed by atoms with E-state index in [-0.39, 0.29) is 24.4 Å². The molecule has 1 aromatic rings. The van der Waals surface area contributed by atoms with Crippen molar-refractivity contribution < 1.29 is 19.1 Å². The standard InChI is InChI=1S/C14H18N4O4/c19-10-11(17-14(21)12-9-15-3-4-16-12)1-2-13(20)18-5-7-22-8-6-18/h3-4,9-11H,1-2,5-8H2,(H,17,21). The third-order valence-corrected chi connectivity index (χ3v) is 3.31. The Balaban J connectivity index is 1.80. The molecule has 1 atom stereocenters. The number of rotatable bonds is 6. The topological polar surface area (TPSA) is 101 Å². The molecule has 1 saturated heterocycles. The predicted molar refractivity (Wildman–Crippen MR) is 76.0 cm³/mol. The molecular formula is C14H18N4O4. The number of hydrogen-bond acceptors (Lipinski definition) is 6. The van der Waals surface area contributed by atoms with Gasteiger partial charge in [-0.05, 0) is 6.42 Å². The second kappa shape index (κ2) is 8.18. The van der Waals surface area contributed by atoms with Crippen molar-refractivity contribution in [2.45, 2.75) is 18.9 Å². The maximum absolute atomic E-state index is 12.0. The van der Waals surface area contributed by atoms with Crippen LogP contribution in [-0.2, 0) is 14.3 Å². The predicted octanol–water partition coefficient (Wildman–Crippen LogP) is -0.587. The number of amides is 2. The van der Waals surface area contributed by atoms with Crippen molar-refractivity contribution in [1.82, 2.24) is 20.2 Å². The summed E-state index contributed by atoms with van der Waals surface area (Å²) in [4.78, 5) is 44.3. The van der Waals surface area contributed by atoms with Gasteiger partial charge in [0.2, 0.25) is 5.91 Å². The summed E-state index contributed by atoms with van der Waals surface area (Å²) < 4.78 is 5.18. The van der Waals surface area contributed by atoms with Crippen molar-refractivity contribution >= 4 is 18.1 Å². The van der Waals surface area contributed by atoms with Crippen molar-refractivity contribution in [3.8, 4) is 0 Å². The van der Waals surface area contributed by atoms with E-state index >= 15 is 0 Å². The summed E-state index contributed by atoms with van der Waals surface area (Å²) in [5, 5.41) is 2.54. The number of aromatic nitrogens is 2. The average Bonchev–Trinajstić information content (AvgIpc) is 2.59. The fourth-order valence-corrected chi connectivity index (χ4v) is 2.08. The SMILES string of the molecule is O=CC(CCC(=O)N1CCOCC1)NC(=O)c1cnccn1. The molecule has 0 spiro atoms. The molecule has 2 heterocycles. The summed E-state index contributed by atoms with van der Waals surface area (Å²) in [6.07, 6.45) is 5.24. The monoisotopic (exact) mass is 306 g/mol. The molecule has 22 heavy (non-hydrogen) atoms. The molecule has 118 valence electrons. The van der Waals surface area contributed by atoms with E-state index in [1.165, 1.54) is 18.6 Å². The summed E-state index contributed by atoms with van der Waals surface area (Å²) in [5.74, 6) is -0.520. The molecule has 0 saturated carbocycles. The quantitative estimate of drug-likeness (QED) is 0.705. The number of ether oxygens (including phenoxy) is 1. The second-order valence-corrected chi connectivity index (χ2v) is 4.84. The number of carbonyl (C=O) groups excluding carboxylic acids is 3. The molecule has 1 aliphatic heterocycles. The molecule has 1 unspecified atom stereocenters. The van der Waals surface area contributed by atoms with Crippen molar-refractivity contribution in [1.29, 1.82) is 0 Å². The largest absolute Gasteiger partial charge is 0.378 e. The second-order valence-electron chi connectivity index (χ2n) is 4.84. The third-order valence-electron chi connectivity index (χ3n) is 3.31. The van der Waals surface area contributed by atoms with Gasteiger partial charge in [0.1, 0.15) is 12.0 Å². The Kier molecular flexibility index (Phi) is 5.96. The van der Waals surface area contributed by atoms with Crippen LogP contribution in [0.25, 0.3) is 0 Å². The summed E-state index contributed by atoms with van der Waals surface area (Å²) in [7, 11) is 0.